The van der Waals surface area contributed by atoms with Crippen molar-refractivity contribution in [1.29, 1.82) is 0 Å². The Bertz CT molecular complexity index is 3170. The smallest absolute Gasteiger partial charge is 0.164 e. The van der Waals surface area contributed by atoms with E-state index >= 15 is 0 Å². The van der Waals surface area contributed by atoms with E-state index in [1.54, 1.807) is 0 Å². The zero-order chi connectivity index (χ0) is 37.7. The molecule has 266 valence electrons. The van der Waals surface area contributed by atoms with Crippen molar-refractivity contribution >= 4 is 53.1 Å². The van der Waals surface area contributed by atoms with Crippen LogP contribution in [0.1, 0.15) is 0 Å². The molecule has 0 spiro atoms. The van der Waals surface area contributed by atoms with Gasteiger partial charge >= 0.3 is 0 Å². The van der Waals surface area contributed by atoms with Gasteiger partial charge in [-0.15, -0.1) is 11.3 Å². The van der Waals surface area contributed by atoms with Crippen molar-refractivity contribution in [2.24, 2.45) is 0 Å². The van der Waals surface area contributed by atoms with Crippen molar-refractivity contribution in [3.63, 3.8) is 0 Å². The molecule has 3 heterocycles. The predicted molar refractivity (Wildman–Crippen MR) is 238 cm³/mol. The second kappa shape index (κ2) is 13.7. The van der Waals surface area contributed by atoms with Crippen LogP contribution in [0.25, 0.3) is 109 Å². The van der Waals surface area contributed by atoms with Crippen LogP contribution in [0, 0.1) is 0 Å². The van der Waals surface area contributed by atoms with E-state index in [0.717, 1.165) is 54.9 Å². The van der Waals surface area contributed by atoms with Gasteiger partial charge in [0.1, 0.15) is 0 Å². The van der Waals surface area contributed by atoms with E-state index in [2.05, 4.69) is 181 Å². The first-order valence-corrected chi connectivity index (χ1v) is 19.9. The summed E-state index contributed by atoms with van der Waals surface area (Å²) in [5.74, 6) is 1.95. The number of nitrogens with zero attached hydrogens (tertiary/aromatic N) is 4. The Morgan fingerprint density at radius 1 is 0.298 bits per heavy atom. The van der Waals surface area contributed by atoms with Crippen LogP contribution in [0.3, 0.4) is 0 Å². The monoisotopic (exact) mass is 744 g/mol. The van der Waals surface area contributed by atoms with Crippen LogP contribution in [-0.4, -0.2) is 19.9 Å². The molecule has 0 bridgehead atoms. The lowest BCUT2D eigenvalue weighted by Gasteiger charge is -2.12. The number of hydrogen-bond acceptors (Lipinski definition) is 5. The van der Waals surface area contributed by atoms with Crippen molar-refractivity contribution in [2.45, 2.75) is 0 Å². The summed E-state index contributed by atoms with van der Waals surface area (Å²) in [6.45, 7) is 0. The van der Waals surface area contributed by atoms with E-state index in [-0.39, 0.29) is 0 Å². The molecule has 0 N–H and O–H groups in total. The van der Waals surface area contributed by atoms with Gasteiger partial charge in [0.15, 0.2) is 17.5 Å². The van der Waals surface area contributed by atoms with Crippen molar-refractivity contribution in [2.75, 3.05) is 0 Å². The van der Waals surface area contributed by atoms with E-state index in [1.165, 1.54) is 36.9 Å². The van der Waals surface area contributed by atoms with Gasteiger partial charge in [-0.1, -0.05) is 176 Å². The average Bonchev–Trinajstić information content (AvgIpc) is 3.68. The molecule has 4 nitrogen and oxygen atoms in total. The van der Waals surface area contributed by atoms with E-state index in [1.807, 2.05) is 29.8 Å². The molecular formula is C52H32N4S. The molecule has 0 unspecified atom stereocenters. The maximum Gasteiger partial charge on any atom is 0.164 e. The van der Waals surface area contributed by atoms with Crippen LogP contribution in [-0.2, 0) is 0 Å². The van der Waals surface area contributed by atoms with Gasteiger partial charge < -0.3 is 0 Å². The molecule has 11 rings (SSSR count). The summed E-state index contributed by atoms with van der Waals surface area (Å²) >= 11 is 1.86. The minimum Gasteiger partial charge on any atom is -0.264 e. The number of pyridine rings is 1. The fourth-order valence-corrected chi connectivity index (χ4v) is 9.41. The molecule has 0 saturated carbocycles. The fraction of sp³-hybridized carbons (Fsp3) is 0. The summed E-state index contributed by atoms with van der Waals surface area (Å²) in [5.41, 5.74) is 9.98. The summed E-state index contributed by atoms with van der Waals surface area (Å²) in [4.78, 5) is 19.7. The average molecular weight is 745 g/mol. The Kier molecular flexibility index (Phi) is 7.97. The molecule has 0 radical (unpaired) electrons. The first kappa shape index (κ1) is 33.0. The molecule has 5 heteroatoms. The van der Waals surface area contributed by atoms with Gasteiger partial charge in [0.25, 0.3) is 0 Å². The Morgan fingerprint density at radius 2 is 0.737 bits per heavy atom. The number of aromatic nitrogens is 4. The lowest BCUT2D eigenvalue weighted by Crippen LogP contribution is -2.01. The van der Waals surface area contributed by atoms with Gasteiger partial charge in [-0.2, -0.15) is 0 Å². The molecule has 11 aromatic rings. The molecule has 0 atom stereocenters. The summed E-state index contributed by atoms with van der Waals surface area (Å²) in [5, 5.41) is 7.05. The highest BCUT2D eigenvalue weighted by Gasteiger charge is 2.18. The number of fused-ring (bicyclic) bond motifs is 5. The number of benzene rings is 8. The maximum atomic E-state index is 5.15. The molecule has 0 aliphatic carbocycles. The molecule has 0 aliphatic heterocycles. The van der Waals surface area contributed by atoms with Crippen molar-refractivity contribution in [1.82, 2.24) is 19.9 Å². The highest BCUT2D eigenvalue weighted by Crippen LogP contribution is 2.44. The highest BCUT2D eigenvalue weighted by molar-refractivity contribution is 7.26. The van der Waals surface area contributed by atoms with Crippen molar-refractivity contribution in [3.8, 4) is 67.5 Å². The molecular weight excluding hydrogens is 713 g/mol. The summed E-state index contributed by atoms with van der Waals surface area (Å²) in [6, 6.07) is 64.3. The zero-order valence-electron chi connectivity index (χ0n) is 30.7. The minimum atomic E-state index is 0.640. The van der Waals surface area contributed by atoms with Crippen LogP contribution in [0.15, 0.2) is 194 Å². The molecule has 8 aromatic carbocycles. The maximum absolute atomic E-state index is 5.15. The first-order valence-electron chi connectivity index (χ1n) is 19.0. The molecule has 0 aliphatic rings. The van der Waals surface area contributed by atoms with Gasteiger partial charge in [-0.25, -0.2) is 15.0 Å². The van der Waals surface area contributed by atoms with Crippen LogP contribution in [0.5, 0.6) is 0 Å². The number of hydrogen-bond donors (Lipinski definition) is 0. The van der Waals surface area contributed by atoms with Gasteiger partial charge in [-0.05, 0) is 61.0 Å². The van der Waals surface area contributed by atoms with Crippen molar-refractivity contribution in [3.05, 3.63) is 194 Å². The zero-order valence-corrected chi connectivity index (χ0v) is 31.5. The largest absolute Gasteiger partial charge is 0.264 e. The first-order chi connectivity index (χ1) is 28.2. The van der Waals surface area contributed by atoms with Crippen LogP contribution in [0.4, 0.5) is 0 Å². The van der Waals surface area contributed by atoms with E-state index in [4.69, 9.17) is 15.0 Å². The summed E-state index contributed by atoms with van der Waals surface area (Å²) < 4.78 is 2.56. The van der Waals surface area contributed by atoms with Crippen LogP contribution >= 0.6 is 11.3 Å². The number of thiophene rings is 1. The van der Waals surface area contributed by atoms with Crippen molar-refractivity contribution < 1.29 is 0 Å². The SMILES string of the molecule is c1cncc(-c2ccc(-c3cccc4c3sc3c(-c5ccc(-c6nc(-c7cccc8ccccc78)nc(-c7cccc8ccccc78)n6)cc5)cccc34)cc2)c1. The lowest BCUT2D eigenvalue weighted by molar-refractivity contribution is 1.08. The number of rotatable bonds is 6. The molecule has 3 aromatic heterocycles. The third-order valence-corrected chi connectivity index (χ3v) is 12.2. The second-order valence-electron chi connectivity index (χ2n) is 14.2. The predicted octanol–water partition coefficient (Wildman–Crippen LogP) is 13.9. The van der Waals surface area contributed by atoms with Crippen LogP contribution < -0.4 is 0 Å². The summed E-state index contributed by atoms with van der Waals surface area (Å²) in [7, 11) is 0. The third kappa shape index (κ3) is 5.84. The lowest BCUT2D eigenvalue weighted by atomic mass is 9.98. The molecule has 0 amide bonds. The Morgan fingerprint density at radius 3 is 1.28 bits per heavy atom. The van der Waals surface area contributed by atoms with Crippen LogP contribution in [0.2, 0.25) is 0 Å². The summed E-state index contributed by atoms with van der Waals surface area (Å²) in [6.07, 6.45) is 3.72. The standard InChI is InChI=1S/C52H32N4S/c1-3-15-40-34(10-1)12-5-21-46(40)51-54-50(55-52(56-51)47-22-6-13-35-11-2-4-16-41(35)47)38-29-27-37(28-30-38)43-18-8-20-45-44-19-7-17-42(48(44)57-49(43)45)36-25-23-33(24-26-36)39-14-9-31-53-32-39/h1-32H. The van der Waals surface area contributed by atoms with E-state index < -0.39 is 0 Å². The minimum absolute atomic E-state index is 0.640. The van der Waals surface area contributed by atoms with Gasteiger partial charge in [0.05, 0.1) is 0 Å². The normalized spacial score (nSPS) is 11.5. The van der Waals surface area contributed by atoms with Gasteiger partial charge in [0.2, 0.25) is 0 Å². The molecule has 0 fully saturated rings. The van der Waals surface area contributed by atoms with Gasteiger partial charge in [0, 0.05) is 49.3 Å². The Hall–Kier alpha value is -7.34. The highest BCUT2D eigenvalue weighted by atomic mass is 32.1. The topological polar surface area (TPSA) is 51.6 Å². The van der Waals surface area contributed by atoms with E-state index in [9.17, 15) is 0 Å². The van der Waals surface area contributed by atoms with E-state index in [0.29, 0.717) is 17.5 Å². The third-order valence-electron chi connectivity index (χ3n) is 10.9. The Labute approximate surface area is 333 Å². The Balaban J connectivity index is 1.01. The molecule has 57 heavy (non-hydrogen) atoms. The second-order valence-corrected chi connectivity index (χ2v) is 15.2. The quantitative estimate of drug-likeness (QED) is 0.170. The fourth-order valence-electron chi connectivity index (χ4n) is 8.04. The molecule has 0 saturated heterocycles. The van der Waals surface area contributed by atoms with Gasteiger partial charge in [-0.3, -0.25) is 4.98 Å².